The lowest BCUT2D eigenvalue weighted by atomic mass is 9.96. The van der Waals surface area contributed by atoms with E-state index < -0.39 is 0 Å². The van der Waals surface area contributed by atoms with Crippen molar-refractivity contribution >= 4 is 18.1 Å². The summed E-state index contributed by atoms with van der Waals surface area (Å²) in [6.45, 7) is 22.5. The summed E-state index contributed by atoms with van der Waals surface area (Å²) in [6.07, 6.45) is 29.6. The van der Waals surface area contributed by atoms with E-state index >= 15 is 0 Å². The second-order valence-electron chi connectivity index (χ2n) is 11.6. The normalized spacial score (nSPS) is 14.0. The Morgan fingerprint density at radius 2 is 0.955 bits per heavy atom. The Morgan fingerprint density at radius 1 is 0.523 bits per heavy atom. The van der Waals surface area contributed by atoms with E-state index in [1.165, 1.54) is 45.9 Å². The summed E-state index contributed by atoms with van der Waals surface area (Å²) in [5.74, 6) is 0.333. The molecule has 0 unspecified atom stereocenters. The molecule has 44 heavy (non-hydrogen) atoms. The molecule has 0 radical (unpaired) electrons. The first-order valence-electron chi connectivity index (χ1n) is 15.2. The molecule has 0 aliphatic heterocycles. The van der Waals surface area contributed by atoms with Crippen LogP contribution in [0.5, 0.6) is 5.75 Å². The maximum absolute atomic E-state index is 11.4. The Kier molecular flexibility index (Phi) is 14.3. The van der Waals surface area contributed by atoms with E-state index in [0.29, 0.717) is 5.75 Å². The van der Waals surface area contributed by atoms with Gasteiger partial charge in [-0.3, -0.25) is 4.79 Å². The van der Waals surface area contributed by atoms with Gasteiger partial charge in [0.1, 0.15) is 5.75 Å². The van der Waals surface area contributed by atoms with E-state index in [1.807, 2.05) is 19.9 Å². The van der Waals surface area contributed by atoms with Gasteiger partial charge in [-0.15, -0.1) is 0 Å². The molecule has 0 saturated heterocycles. The average Bonchev–Trinajstić information content (AvgIpc) is 2.95. The Hall–Kier alpha value is -4.43. The van der Waals surface area contributed by atoms with Crippen molar-refractivity contribution in [2.24, 2.45) is 0 Å². The van der Waals surface area contributed by atoms with Crippen molar-refractivity contribution in [1.82, 2.24) is 0 Å². The number of hydrogen-bond acceptors (Lipinski definition) is 2. The van der Waals surface area contributed by atoms with E-state index in [0.717, 1.165) is 27.8 Å². The third kappa shape index (κ3) is 11.7. The van der Waals surface area contributed by atoms with Gasteiger partial charge < -0.3 is 4.74 Å². The fourth-order valence-electron chi connectivity index (χ4n) is 4.58. The van der Waals surface area contributed by atoms with Crippen molar-refractivity contribution in [3.8, 4) is 5.75 Å². The molecule has 2 aromatic rings. The first-order valence-corrected chi connectivity index (χ1v) is 15.2. The Morgan fingerprint density at radius 3 is 1.45 bits per heavy atom. The molecular weight excluding hydrogens is 536 g/mol. The third-order valence-electron chi connectivity index (χ3n) is 7.66. The van der Waals surface area contributed by atoms with Gasteiger partial charge >= 0.3 is 5.97 Å². The van der Waals surface area contributed by atoms with Crippen LogP contribution in [0, 0.1) is 41.5 Å². The van der Waals surface area contributed by atoms with Crippen molar-refractivity contribution in [2.45, 2.75) is 76.2 Å². The van der Waals surface area contributed by atoms with E-state index in [4.69, 9.17) is 4.74 Å². The number of rotatable bonds is 11. The smallest absolute Gasteiger partial charge is 0.308 e. The minimum Gasteiger partial charge on any atom is -0.426 e. The molecule has 2 heteroatoms. The third-order valence-corrected chi connectivity index (χ3v) is 7.66. The zero-order valence-electron chi connectivity index (χ0n) is 28.6. The van der Waals surface area contributed by atoms with E-state index in [-0.39, 0.29) is 5.97 Å². The first kappa shape index (κ1) is 35.8. The van der Waals surface area contributed by atoms with Crippen LogP contribution in [0.3, 0.4) is 0 Å². The van der Waals surface area contributed by atoms with Gasteiger partial charge in [-0.05, 0) is 120 Å². The highest BCUT2D eigenvalue weighted by atomic mass is 16.5. The van der Waals surface area contributed by atoms with Gasteiger partial charge in [0.25, 0.3) is 0 Å². The van der Waals surface area contributed by atoms with Gasteiger partial charge in [0.05, 0.1) is 0 Å². The van der Waals surface area contributed by atoms with Gasteiger partial charge in [0.15, 0.2) is 0 Å². The summed E-state index contributed by atoms with van der Waals surface area (Å²) in [4.78, 5) is 11.4. The summed E-state index contributed by atoms with van der Waals surface area (Å²) in [7, 11) is 0. The summed E-state index contributed by atoms with van der Waals surface area (Å²) >= 11 is 0. The molecule has 0 fully saturated rings. The SMILES string of the molecule is CC(=O)Oc1cc(C)c(C=CC(C)=CC=CC(C)=CC=CC=C(C)C=CC=C(C)C=Cc2c(C)ccc(C)c2C)c(C)c1C. The zero-order chi connectivity index (χ0) is 32.8. The summed E-state index contributed by atoms with van der Waals surface area (Å²) in [6, 6.07) is 6.31. The fourth-order valence-corrected chi connectivity index (χ4v) is 4.58. The molecule has 2 nitrogen and oxygen atoms in total. The van der Waals surface area contributed by atoms with Crippen LogP contribution in [0.2, 0.25) is 0 Å². The molecule has 0 spiro atoms. The first-order chi connectivity index (χ1) is 20.8. The van der Waals surface area contributed by atoms with Crippen molar-refractivity contribution < 1.29 is 9.53 Å². The van der Waals surface area contributed by atoms with Crippen molar-refractivity contribution in [3.63, 3.8) is 0 Å². The summed E-state index contributed by atoms with van der Waals surface area (Å²) < 4.78 is 5.36. The predicted molar refractivity (Wildman–Crippen MR) is 193 cm³/mol. The van der Waals surface area contributed by atoms with E-state index in [2.05, 4.69) is 153 Å². The maximum atomic E-state index is 11.4. The molecule has 230 valence electrons. The van der Waals surface area contributed by atoms with Crippen LogP contribution in [0.15, 0.2) is 113 Å². The molecule has 2 aromatic carbocycles. The van der Waals surface area contributed by atoms with Gasteiger partial charge in [0.2, 0.25) is 0 Å². The fraction of sp³-hybridized carbons (Fsp3) is 0.262. The van der Waals surface area contributed by atoms with Crippen molar-refractivity contribution in [3.05, 3.63) is 158 Å². The van der Waals surface area contributed by atoms with Crippen LogP contribution in [0.4, 0.5) is 0 Å². The molecule has 0 saturated carbocycles. The van der Waals surface area contributed by atoms with Gasteiger partial charge in [-0.1, -0.05) is 119 Å². The Bertz CT molecular complexity index is 1620. The van der Waals surface area contributed by atoms with Crippen LogP contribution in [-0.2, 0) is 4.79 Å². The van der Waals surface area contributed by atoms with Crippen molar-refractivity contribution in [1.29, 1.82) is 0 Å². The highest BCUT2D eigenvalue weighted by Crippen LogP contribution is 2.29. The van der Waals surface area contributed by atoms with E-state index in [1.54, 1.807) is 0 Å². The number of carbonyl (C=O) groups is 1. The largest absolute Gasteiger partial charge is 0.426 e. The minimum absolute atomic E-state index is 0.300. The molecule has 0 aliphatic rings. The van der Waals surface area contributed by atoms with Crippen molar-refractivity contribution in [2.75, 3.05) is 0 Å². The van der Waals surface area contributed by atoms with Crippen LogP contribution in [0.25, 0.3) is 12.2 Å². The Balaban J connectivity index is 1.95. The quantitative estimate of drug-likeness (QED) is 0.149. The van der Waals surface area contributed by atoms with Crippen LogP contribution in [0.1, 0.15) is 79.1 Å². The number of esters is 1. The maximum Gasteiger partial charge on any atom is 0.308 e. The Labute approximate surface area is 267 Å². The average molecular weight is 587 g/mol. The summed E-state index contributed by atoms with van der Waals surface area (Å²) in [5.41, 5.74) is 14.3. The number of allylic oxidation sites excluding steroid dienone is 16. The number of ether oxygens (including phenoxy) is 1. The van der Waals surface area contributed by atoms with Gasteiger partial charge in [-0.2, -0.15) is 0 Å². The molecule has 0 bridgehead atoms. The second kappa shape index (κ2) is 17.6. The van der Waals surface area contributed by atoms with E-state index in [9.17, 15) is 4.79 Å². The van der Waals surface area contributed by atoms with Gasteiger partial charge in [0, 0.05) is 6.92 Å². The molecule has 0 atom stereocenters. The highest BCUT2D eigenvalue weighted by Gasteiger charge is 2.11. The van der Waals surface area contributed by atoms with Gasteiger partial charge in [-0.25, -0.2) is 0 Å². The summed E-state index contributed by atoms with van der Waals surface area (Å²) in [5, 5.41) is 0. The standard InChI is InChI=1S/C42H50O2/c1-29(18-14-20-31(3)22-26-40-34(6)25-24-33(5)36(40)8)16-12-13-17-30(2)19-15-21-32(4)23-27-41-35(7)28-42(44-39(11)43)38(10)37(41)9/h12-28H,1-11H3. The lowest BCUT2D eigenvalue weighted by Crippen LogP contribution is -2.05. The molecular formula is C42H50O2. The molecule has 0 aromatic heterocycles. The molecule has 0 aliphatic carbocycles. The van der Waals surface area contributed by atoms with Crippen LogP contribution in [-0.4, -0.2) is 5.97 Å². The second-order valence-corrected chi connectivity index (χ2v) is 11.6. The molecule has 0 amide bonds. The van der Waals surface area contributed by atoms with Crippen LogP contribution >= 0.6 is 0 Å². The molecule has 0 heterocycles. The molecule has 2 rings (SSSR count). The lowest BCUT2D eigenvalue weighted by Gasteiger charge is -2.14. The molecule has 0 N–H and O–H groups in total. The number of benzene rings is 2. The topological polar surface area (TPSA) is 26.3 Å². The lowest BCUT2D eigenvalue weighted by molar-refractivity contribution is -0.131. The zero-order valence-corrected chi connectivity index (χ0v) is 28.6. The number of hydrogen-bond donors (Lipinski definition) is 0. The number of carbonyl (C=O) groups excluding carboxylic acids is 1. The monoisotopic (exact) mass is 586 g/mol. The number of aryl methyl sites for hydroxylation is 3. The van der Waals surface area contributed by atoms with Crippen LogP contribution < -0.4 is 4.74 Å². The highest BCUT2D eigenvalue weighted by molar-refractivity contribution is 5.72. The minimum atomic E-state index is -0.300. The predicted octanol–water partition coefficient (Wildman–Crippen LogP) is 11.6.